The number of hydrogen-bond donors (Lipinski definition) is 1. The fourth-order valence-electron chi connectivity index (χ4n) is 1.52. The summed E-state index contributed by atoms with van der Waals surface area (Å²) in [6, 6.07) is 1.86. The van der Waals surface area contributed by atoms with Gasteiger partial charge in [-0.05, 0) is 34.1 Å². The number of nitrogens with one attached hydrogen (secondary N) is 1. The SMILES string of the molecule is CCc1cc(NCCS(=O)(=O)C(C)(C)C)nc(C)n1. The largest absolute Gasteiger partial charge is 0.369 e. The second-order valence-electron chi connectivity index (χ2n) is 5.50. The van der Waals surface area contributed by atoms with Crippen LogP contribution in [0.15, 0.2) is 6.07 Å². The molecule has 0 aliphatic heterocycles. The Kier molecular flexibility index (Phi) is 4.90. The Bertz CT molecular complexity index is 533. The molecule has 0 spiro atoms. The van der Waals surface area contributed by atoms with Gasteiger partial charge in [0.05, 0.1) is 10.5 Å². The molecule has 19 heavy (non-hydrogen) atoms. The highest BCUT2D eigenvalue weighted by Gasteiger charge is 2.28. The number of nitrogens with zero attached hydrogens (tertiary/aromatic N) is 2. The summed E-state index contributed by atoms with van der Waals surface area (Å²) < 4.78 is 23.2. The summed E-state index contributed by atoms with van der Waals surface area (Å²) >= 11 is 0. The summed E-state index contributed by atoms with van der Waals surface area (Å²) in [6.07, 6.45) is 0.832. The molecule has 1 heterocycles. The quantitative estimate of drug-likeness (QED) is 0.895. The third kappa shape index (κ3) is 4.45. The van der Waals surface area contributed by atoms with Gasteiger partial charge in [-0.15, -0.1) is 0 Å². The highest BCUT2D eigenvalue weighted by molar-refractivity contribution is 7.92. The number of anilines is 1. The number of aryl methyl sites for hydroxylation is 2. The van der Waals surface area contributed by atoms with Crippen LogP contribution < -0.4 is 5.32 Å². The predicted molar refractivity (Wildman–Crippen MR) is 78.2 cm³/mol. The van der Waals surface area contributed by atoms with E-state index in [1.54, 1.807) is 20.8 Å². The van der Waals surface area contributed by atoms with E-state index in [2.05, 4.69) is 15.3 Å². The molecule has 0 atom stereocenters. The molecular weight excluding hydrogens is 262 g/mol. The molecule has 0 amide bonds. The zero-order chi connectivity index (χ0) is 14.7. The van der Waals surface area contributed by atoms with Crippen LogP contribution in [0.2, 0.25) is 0 Å². The normalized spacial score (nSPS) is 12.5. The summed E-state index contributed by atoms with van der Waals surface area (Å²) in [7, 11) is -3.10. The van der Waals surface area contributed by atoms with Gasteiger partial charge in [0.15, 0.2) is 9.84 Å². The van der Waals surface area contributed by atoms with E-state index in [4.69, 9.17) is 0 Å². The van der Waals surface area contributed by atoms with Crippen molar-refractivity contribution in [3.8, 4) is 0 Å². The van der Waals surface area contributed by atoms with Gasteiger partial charge in [0, 0.05) is 18.3 Å². The van der Waals surface area contributed by atoms with Gasteiger partial charge in [-0.25, -0.2) is 18.4 Å². The van der Waals surface area contributed by atoms with E-state index in [1.165, 1.54) is 0 Å². The third-order valence-corrected chi connectivity index (χ3v) is 5.47. The molecule has 108 valence electrons. The van der Waals surface area contributed by atoms with Crippen LogP contribution >= 0.6 is 0 Å². The maximum absolute atomic E-state index is 12.0. The van der Waals surface area contributed by atoms with Crippen molar-refractivity contribution in [3.63, 3.8) is 0 Å². The molecule has 0 bridgehead atoms. The maximum atomic E-state index is 12.0. The number of rotatable bonds is 5. The molecule has 5 nitrogen and oxygen atoms in total. The molecule has 1 aromatic rings. The van der Waals surface area contributed by atoms with Gasteiger partial charge < -0.3 is 5.32 Å². The average Bonchev–Trinajstić information content (AvgIpc) is 2.26. The maximum Gasteiger partial charge on any atom is 0.156 e. The molecule has 0 unspecified atom stereocenters. The lowest BCUT2D eigenvalue weighted by Gasteiger charge is -2.19. The van der Waals surface area contributed by atoms with Crippen LogP contribution in [-0.2, 0) is 16.3 Å². The minimum absolute atomic E-state index is 0.0982. The second-order valence-corrected chi connectivity index (χ2v) is 8.37. The first kappa shape index (κ1) is 15.9. The van der Waals surface area contributed by atoms with E-state index >= 15 is 0 Å². The fraction of sp³-hybridized carbons (Fsp3) is 0.692. The third-order valence-electron chi connectivity index (χ3n) is 2.86. The van der Waals surface area contributed by atoms with Crippen molar-refractivity contribution in [2.45, 2.75) is 45.8 Å². The van der Waals surface area contributed by atoms with E-state index in [0.717, 1.165) is 12.1 Å². The van der Waals surface area contributed by atoms with Gasteiger partial charge in [-0.3, -0.25) is 0 Å². The summed E-state index contributed by atoms with van der Waals surface area (Å²) in [4.78, 5) is 8.53. The standard InChI is InChI=1S/C13H23N3O2S/c1-6-11-9-12(16-10(2)15-11)14-7-8-19(17,18)13(3,4)5/h9H,6-8H2,1-5H3,(H,14,15,16). The zero-order valence-corrected chi connectivity index (χ0v) is 13.1. The first-order valence-electron chi connectivity index (χ1n) is 6.46. The molecule has 0 aromatic carbocycles. The Morgan fingerprint density at radius 3 is 2.42 bits per heavy atom. The van der Waals surface area contributed by atoms with Crippen molar-refractivity contribution in [1.82, 2.24) is 9.97 Å². The second kappa shape index (κ2) is 5.86. The van der Waals surface area contributed by atoms with Crippen molar-refractivity contribution in [2.24, 2.45) is 0 Å². The van der Waals surface area contributed by atoms with Crippen molar-refractivity contribution >= 4 is 15.7 Å². The van der Waals surface area contributed by atoms with Crippen molar-refractivity contribution in [3.05, 3.63) is 17.6 Å². The van der Waals surface area contributed by atoms with Gasteiger partial charge in [0.2, 0.25) is 0 Å². The summed E-state index contributed by atoms with van der Waals surface area (Å²) in [5, 5.41) is 3.06. The molecule has 1 rings (SSSR count). The van der Waals surface area contributed by atoms with Crippen molar-refractivity contribution in [1.29, 1.82) is 0 Å². The lowest BCUT2D eigenvalue weighted by Crippen LogP contribution is -2.33. The summed E-state index contributed by atoms with van der Waals surface area (Å²) in [5.74, 6) is 1.48. The van der Waals surface area contributed by atoms with Gasteiger partial charge >= 0.3 is 0 Å². The Hall–Kier alpha value is -1.17. The smallest absolute Gasteiger partial charge is 0.156 e. The lowest BCUT2D eigenvalue weighted by molar-refractivity contribution is 0.560. The predicted octanol–water partition coefficient (Wildman–Crippen LogP) is 1.97. The minimum Gasteiger partial charge on any atom is -0.369 e. The summed E-state index contributed by atoms with van der Waals surface area (Å²) in [5.41, 5.74) is 0.952. The molecular formula is C13H23N3O2S. The van der Waals surface area contributed by atoms with E-state index in [-0.39, 0.29) is 5.75 Å². The van der Waals surface area contributed by atoms with Gasteiger partial charge in [-0.2, -0.15) is 0 Å². The number of aromatic nitrogens is 2. The van der Waals surface area contributed by atoms with Gasteiger partial charge in [0.25, 0.3) is 0 Å². The Labute approximate surface area is 115 Å². The highest BCUT2D eigenvalue weighted by Crippen LogP contribution is 2.16. The molecule has 0 aliphatic rings. The van der Waals surface area contributed by atoms with Crippen LogP contribution in [0.4, 0.5) is 5.82 Å². The lowest BCUT2D eigenvalue weighted by atomic mass is 10.3. The molecule has 0 aliphatic carbocycles. The average molecular weight is 285 g/mol. The molecule has 0 fully saturated rings. The van der Waals surface area contributed by atoms with E-state index in [9.17, 15) is 8.42 Å². The Morgan fingerprint density at radius 2 is 1.89 bits per heavy atom. The summed E-state index contributed by atoms with van der Waals surface area (Å²) in [6.45, 7) is 9.36. The first-order valence-corrected chi connectivity index (χ1v) is 8.11. The molecule has 0 saturated carbocycles. The van der Waals surface area contributed by atoms with Gasteiger partial charge in [0.1, 0.15) is 11.6 Å². The molecule has 6 heteroatoms. The monoisotopic (exact) mass is 285 g/mol. The zero-order valence-electron chi connectivity index (χ0n) is 12.3. The van der Waals surface area contributed by atoms with E-state index in [1.807, 2.05) is 19.9 Å². The van der Waals surface area contributed by atoms with Gasteiger partial charge in [-0.1, -0.05) is 6.92 Å². The van der Waals surface area contributed by atoms with Crippen LogP contribution in [0, 0.1) is 6.92 Å². The van der Waals surface area contributed by atoms with Crippen LogP contribution in [0.1, 0.15) is 39.2 Å². The van der Waals surface area contributed by atoms with Crippen LogP contribution in [0.5, 0.6) is 0 Å². The highest BCUT2D eigenvalue weighted by atomic mass is 32.2. The Balaban J connectivity index is 2.66. The molecule has 1 N–H and O–H groups in total. The van der Waals surface area contributed by atoms with Crippen LogP contribution in [0.25, 0.3) is 0 Å². The molecule has 0 radical (unpaired) electrons. The fourth-order valence-corrected chi connectivity index (χ4v) is 2.50. The molecule has 0 saturated heterocycles. The molecule has 1 aromatic heterocycles. The topological polar surface area (TPSA) is 72.0 Å². The van der Waals surface area contributed by atoms with Crippen molar-refractivity contribution in [2.75, 3.05) is 17.6 Å². The van der Waals surface area contributed by atoms with Crippen molar-refractivity contribution < 1.29 is 8.42 Å². The Morgan fingerprint density at radius 1 is 1.26 bits per heavy atom. The number of hydrogen-bond acceptors (Lipinski definition) is 5. The van der Waals surface area contributed by atoms with Crippen LogP contribution in [0.3, 0.4) is 0 Å². The first-order chi connectivity index (χ1) is 8.65. The van der Waals surface area contributed by atoms with E-state index < -0.39 is 14.6 Å². The number of sulfone groups is 1. The van der Waals surface area contributed by atoms with E-state index in [0.29, 0.717) is 18.2 Å². The minimum atomic E-state index is -3.10. The van der Waals surface area contributed by atoms with Crippen LogP contribution in [-0.4, -0.2) is 35.4 Å².